The van der Waals surface area contributed by atoms with E-state index in [1.54, 1.807) is 18.2 Å². The summed E-state index contributed by atoms with van der Waals surface area (Å²) >= 11 is 3.30. The minimum atomic E-state index is -0.141. The monoisotopic (exact) mass is 300 g/mol. The number of rotatable bonds is 6. The van der Waals surface area contributed by atoms with Crippen LogP contribution in [-0.2, 0) is 4.74 Å². The van der Waals surface area contributed by atoms with Crippen molar-refractivity contribution < 1.29 is 9.53 Å². The molecule has 0 saturated carbocycles. The zero-order valence-electron chi connectivity index (χ0n) is 9.83. The van der Waals surface area contributed by atoms with E-state index in [2.05, 4.69) is 21.2 Å². The van der Waals surface area contributed by atoms with Crippen LogP contribution in [0.5, 0.6) is 0 Å². The molecule has 0 saturated heterocycles. The lowest BCUT2D eigenvalue weighted by Crippen LogP contribution is -2.27. The summed E-state index contributed by atoms with van der Waals surface area (Å²) in [6, 6.07) is 5.13. The molecule has 1 aromatic rings. The van der Waals surface area contributed by atoms with Gasteiger partial charge in [0.25, 0.3) is 5.91 Å². The maximum absolute atomic E-state index is 11.7. The van der Waals surface area contributed by atoms with Gasteiger partial charge in [0.2, 0.25) is 0 Å². The summed E-state index contributed by atoms with van der Waals surface area (Å²) in [6.45, 7) is 3.80. The van der Waals surface area contributed by atoms with Gasteiger partial charge in [-0.05, 0) is 24.6 Å². The molecule has 0 unspecified atom stereocenters. The number of carbonyl (C=O) groups excluding carboxylic acids is 1. The van der Waals surface area contributed by atoms with Gasteiger partial charge in [-0.25, -0.2) is 0 Å². The van der Waals surface area contributed by atoms with Crippen molar-refractivity contribution in [3.05, 3.63) is 28.2 Å². The molecular weight excluding hydrogens is 284 g/mol. The molecule has 0 spiro atoms. The average molecular weight is 301 g/mol. The van der Waals surface area contributed by atoms with E-state index in [4.69, 9.17) is 10.5 Å². The molecule has 0 fully saturated rings. The Morgan fingerprint density at radius 3 is 2.82 bits per heavy atom. The van der Waals surface area contributed by atoms with Gasteiger partial charge in [0.15, 0.2) is 0 Å². The first-order valence-corrected chi connectivity index (χ1v) is 6.34. The minimum absolute atomic E-state index is 0.141. The molecule has 4 nitrogen and oxygen atoms in total. The fraction of sp³-hybridized carbons (Fsp3) is 0.417. The van der Waals surface area contributed by atoms with Crippen LogP contribution in [0.15, 0.2) is 22.7 Å². The van der Waals surface area contributed by atoms with Crippen LogP contribution in [0.1, 0.15) is 23.7 Å². The quantitative estimate of drug-likeness (QED) is 0.625. The largest absolute Gasteiger partial charge is 0.399 e. The molecule has 1 rings (SSSR count). The normalized spacial score (nSPS) is 10.2. The summed E-state index contributed by atoms with van der Waals surface area (Å²) < 4.78 is 6.06. The molecule has 3 N–H and O–H groups in total. The lowest BCUT2D eigenvalue weighted by molar-refractivity contribution is 0.0915. The summed E-state index contributed by atoms with van der Waals surface area (Å²) in [5.74, 6) is -0.141. The van der Waals surface area contributed by atoms with Crippen LogP contribution in [-0.4, -0.2) is 25.7 Å². The second-order valence-corrected chi connectivity index (χ2v) is 4.56. The molecule has 0 heterocycles. The third-order valence-corrected chi connectivity index (χ3v) is 2.52. The summed E-state index contributed by atoms with van der Waals surface area (Å²) in [4.78, 5) is 11.7. The topological polar surface area (TPSA) is 64.3 Å². The van der Waals surface area contributed by atoms with Crippen LogP contribution in [0.25, 0.3) is 0 Å². The Kier molecular flexibility index (Phi) is 6.00. The van der Waals surface area contributed by atoms with E-state index in [-0.39, 0.29) is 5.91 Å². The molecular formula is C12H17BrN2O2. The number of ether oxygens (including phenoxy) is 1. The first kappa shape index (κ1) is 14.0. The smallest absolute Gasteiger partial charge is 0.251 e. The molecule has 1 aromatic carbocycles. The van der Waals surface area contributed by atoms with Crippen LogP contribution >= 0.6 is 15.9 Å². The molecule has 0 aromatic heterocycles. The molecule has 0 radical (unpaired) electrons. The lowest BCUT2D eigenvalue weighted by atomic mass is 10.2. The zero-order chi connectivity index (χ0) is 12.7. The van der Waals surface area contributed by atoms with Gasteiger partial charge < -0.3 is 15.8 Å². The summed E-state index contributed by atoms with van der Waals surface area (Å²) in [5, 5.41) is 2.77. The van der Waals surface area contributed by atoms with Crippen LogP contribution in [0.4, 0.5) is 5.69 Å². The van der Waals surface area contributed by atoms with Crippen molar-refractivity contribution in [2.24, 2.45) is 0 Å². The van der Waals surface area contributed by atoms with Crippen molar-refractivity contribution in [1.29, 1.82) is 0 Å². The number of hydrogen-bond acceptors (Lipinski definition) is 3. The predicted molar refractivity (Wildman–Crippen MR) is 72.0 cm³/mol. The van der Waals surface area contributed by atoms with Gasteiger partial charge in [0.05, 0.1) is 6.61 Å². The fourth-order valence-electron chi connectivity index (χ4n) is 1.33. The number of amides is 1. The van der Waals surface area contributed by atoms with E-state index in [9.17, 15) is 4.79 Å². The molecule has 5 heteroatoms. The highest BCUT2D eigenvalue weighted by molar-refractivity contribution is 9.10. The Morgan fingerprint density at radius 2 is 2.18 bits per heavy atom. The number of carbonyl (C=O) groups is 1. The molecule has 0 aliphatic heterocycles. The molecule has 0 aliphatic rings. The SMILES string of the molecule is CCCOCCNC(=O)c1cc(N)cc(Br)c1. The molecule has 0 bridgehead atoms. The van der Waals surface area contributed by atoms with Crippen LogP contribution in [0.2, 0.25) is 0 Å². The van der Waals surface area contributed by atoms with Crippen molar-refractivity contribution >= 4 is 27.5 Å². The van der Waals surface area contributed by atoms with Crippen LogP contribution in [0.3, 0.4) is 0 Å². The molecule has 94 valence electrons. The number of hydrogen-bond donors (Lipinski definition) is 2. The van der Waals surface area contributed by atoms with Gasteiger partial charge in [0, 0.05) is 28.9 Å². The van der Waals surface area contributed by atoms with Crippen molar-refractivity contribution in [2.45, 2.75) is 13.3 Å². The van der Waals surface area contributed by atoms with E-state index in [1.165, 1.54) is 0 Å². The molecule has 17 heavy (non-hydrogen) atoms. The highest BCUT2D eigenvalue weighted by atomic mass is 79.9. The summed E-state index contributed by atoms with van der Waals surface area (Å²) in [7, 11) is 0. The van der Waals surface area contributed by atoms with Gasteiger partial charge in [-0.15, -0.1) is 0 Å². The standard InChI is InChI=1S/C12H17BrN2O2/c1-2-4-17-5-3-15-12(16)9-6-10(13)8-11(14)7-9/h6-8H,2-5,14H2,1H3,(H,15,16). The van der Waals surface area contributed by atoms with Gasteiger partial charge in [0.1, 0.15) is 0 Å². The predicted octanol–water partition coefficient (Wildman–Crippen LogP) is 2.19. The van der Waals surface area contributed by atoms with E-state index < -0.39 is 0 Å². The van der Waals surface area contributed by atoms with E-state index in [0.717, 1.165) is 17.5 Å². The zero-order valence-corrected chi connectivity index (χ0v) is 11.4. The summed E-state index contributed by atoms with van der Waals surface area (Å²) in [5.41, 5.74) is 6.77. The number of benzene rings is 1. The van der Waals surface area contributed by atoms with Crippen LogP contribution < -0.4 is 11.1 Å². The van der Waals surface area contributed by atoms with Crippen molar-refractivity contribution in [1.82, 2.24) is 5.32 Å². The van der Waals surface area contributed by atoms with Crippen molar-refractivity contribution in [3.63, 3.8) is 0 Å². The highest BCUT2D eigenvalue weighted by Crippen LogP contribution is 2.17. The summed E-state index contributed by atoms with van der Waals surface area (Å²) in [6.07, 6.45) is 0.982. The minimum Gasteiger partial charge on any atom is -0.399 e. The van der Waals surface area contributed by atoms with Gasteiger partial charge in [-0.3, -0.25) is 4.79 Å². The van der Waals surface area contributed by atoms with E-state index in [1.807, 2.05) is 6.92 Å². The van der Waals surface area contributed by atoms with Crippen LogP contribution in [0, 0.1) is 0 Å². The second-order valence-electron chi connectivity index (χ2n) is 3.64. The number of nitrogen functional groups attached to an aromatic ring is 1. The maximum Gasteiger partial charge on any atom is 0.251 e. The Hall–Kier alpha value is -1.07. The molecule has 1 amide bonds. The lowest BCUT2D eigenvalue weighted by Gasteiger charge is -2.07. The van der Waals surface area contributed by atoms with E-state index in [0.29, 0.717) is 24.4 Å². The Bertz CT molecular complexity index is 363. The van der Waals surface area contributed by atoms with Gasteiger partial charge in [-0.2, -0.15) is 0 Å². The third kappa shape index (κ3) is 5.19. The first-order chi connectivity index (χ1) is 8.13. The Labute approximate surface area is 110 Å². The second kappa shape index (κ2) is 7.29. The number of nitrogens with two attached hydrogens (primary N) is 1. The number of anilines is 1. The number of nitrogens with one attached hydrogen (secondary N) is 1. The average Bonchev–Trinajstić information content (AvgIpc) is 2.27. The van der Waals surface area contributed by atoms with Crippen molar-refractivity contribution in [2.75, 3.05) is 25.5 Å². The molecule has 0 aliphatic carbocycles. The third-order valence-electron chi connectivity index (χ3n) is 2.06. The Morgan fingerprint density at radius 1 is 1.41 bits per heavy atom. The fourth-order valence-corrected chi connectivity index (χ4v) is 1.84. The number of halogens is 1. The maximum atomic E-state index is 11.7. The van der Waals surface area contributed by atoms with Gasteiger partial charge >= 0.3 is 0 Å². The van der Waals surface area contributed by atoms with E-state index >= 15 is 0 Å². The highest BCUT2D eigenvalue weighted by Gasteiger charge is 2.06. The molecule has 0 atom stereocenters. The Balaban J connectivity index is 2.41. The first-order valence-electron chi connectivity index (χ1n) is 5.55. The van der Waals surface area contributed by atoms with Crippen molar-refractivity contribution in [3.8, 4) is 0 Å². The van der Waals surface area contributed by atoms with Gasteiger partial charge in [-0.1, -0.05) is 22.9 Å².